The molecule has 22 heavy (non-hydrogen) atoms. The SMILES string of the molecule is N#CC#Cc1c(F)cc(C2CCC(C=C(F)F)CC2)cc1F. The number of nitriles is 1. The van der Waals surface area contributed by atoms with Gasteiger partial charge in [-0.1, -0.05) is 0 Å². The van der Waals surface area contributed by atoms with E-state index in [0.717, 1.165) is 6.08 Å². The van der Waals surface area contributed by atoms with Crippen LogP contribution in [0.5, 0.6) is 0 Å². The molecule has 0 N–H and O–H groups in total. The summed E-state index contributed by atoms with van der Waals surface area (Å²) in [7, 11) is 0. The van der Waals surface area contributed by atoms with Crippen molar-refractivity contribution in [2.75, 3.05) is 0 Å². The summed E-state index contributed by atoms with van der Waals surface area (Å²) in [6.07, 6.45) is 1.63. The van der Waals surface area contributed by atoms with Gasteiger partial charge in [-0.05, 0) is 67.2 Å². The third-order valence-corrected chi connectivity index (χ3v) is 3.91. The summed E-state index contributed by atoms with van der Waals surface area (Å²) in [4.78, 5) is 0. The fourth-order valence-corrected chi connectivity index (χ4v) is 2.84. The molecule has 114 valence electrons. The van der Waals surface area contributed by atoms with E-state index >= 15 is 0 Å². The zero-order valence-electron chi connectivity index (χ0n) is 11.7. The fraction of sp³-hybridized carbons (Fsp3) is 0.353. The molecule has 0 radical (unpaired) electrons. The maximum Gasteiger partial charge on any atom is 0.266 e. The maximum absolute atomic E-state index is 13.9. The van der Waals surface area contributed by atoms with Gasteiger partial charge in [-0.2, -0.15) is 14.0 Å². The van der Waals surface area contributed by atoms with Crippen molar-refractivity contribution >= 4 is 0 Å². The van der Waals surface area contributed by atoms with E-state index in [2.05, 4.69) is 5.92 Å². The predicted octanol–water partition coefficient (Wildman–Crippen LogP) is 4.89. The number of halogens is 4. The Morgan fingerprint density at radius 3 is 2.18 bits per heavy atom. The molecule has 1 aliphatic carbocycles. The Labute approximate surface area is 126 Å². The lowest BCUT2D eigenvalue weighted by molar-refractivity contribution is 0.350. The fourth-order valence-electron chi connectivity index (χ4n) is 2.84. The largest absolute Gasteiger partial charge is 0.266 e. The highest BCUT2D eigenvalue weighted by atomic mass is 19.3. The monoisotopic (exact) mass is 307 g/mol. The van der Waals surface area contributed by atoms with Gasteiger partial charge in [-0.3, -0.25) is 0 Å². The molecule has 5 heteroatoms. The lowest BCUT2D eigenvalue weighted by Gasteiger charge is -2.27. The normalized spacial score (nSPS) is 20.5. The Hall–Kier alpha value is -2.27. The van der Waals surface area contributed by atoms with Crippen LogP contribution in [-0.4, -0.2) is 0 Å². The van der Waals surface area contributed by atoms with Crippen LogP contribution in [0.2, 0.25) is 0 Å². The van der Waals surface area contributed by atoms with Gasteiger partial charge in [0.25, 0.3) is 6.08 Å². The minimum absolute atomic E-state index is 0.0469. The molecule has 0 unspecified atom stereocenters. The third kappa shape index (κ3) is 3.89. The van der Waals surface area contributed by atoms with E-state index in [-0.39, 0.29) is 11.8 Å². The molecule has 0 spiro atoms. The Kier molecular flexibility index (Phi) is 5.22. The quantitative estimate of drug-likeness (QED) is 0.563. The molecule has 0 bridgehead atoms. The number of hydrogen-bond acceptors (Lipinski definition) is 1. The molecule has 1 aromatic carbocycles. The van der Waals surface area contributed by atoms with Crippen molar-refractivity contribution in [3.05, 3.63) is 47.1 Å². The molecule has 1 aliphatic rings. The molecular weight excluding hydrogens is 294 g/mol. The highest BCUT2D eigenvalue weighted by Gasteiger charge is 2.23. The average molecular weight is 307 g/mol. The summed E-state index contributed by atoms with van der Waals surface area (Å²) in [6.45, 7) is 0. The first kappa shape index (κ1) is 16.1. The van der Waals surface area contributed by atoms with Gasteiger partial charge < -0.3 is 0 Å². The zero-order valence-corrected chi connectivity index (χ0v) is 11.7. The van der Waals surface area contributed by atoms with Crippen molar-refractivity contribution < 1.29 is 17.6 Å². The van der Waals surface area contributed by atoms with Gasteiger partial charge in [0.15, 0.2) is 6.07 Å². The molecule has 0 heterocycles. The van der Waals surface area contributed by atoms with Crippen molar-refractivity contribution in [1.29, 1.82) is 5.26 Å². The average Bonchev–Trinajstić information content (AvgIpc) is 2.46. The minimum Gasteiger partial charge on any atom is -0.206 e. The van der Waals surface area contributed by atoms with Crippen molar-refractivity contribution in [1.82, 2.24) is 0 Å². The first-order valence-electron chi connectivity index (χ1n) is 6.93. The van der Waals surface area contributed by atoms with Gasteiger partial charge in [-0.15, -0.1) is 0 Å². The number of hydrogen-bond donors (Lipinski definition) is 0. The molecule has 1 saturated carbocycles. The molecule has 2 rings (SSSR count). The van der Waals surface area contributed by atoms with Gasteiger partial charge in [0.2, 0.25) is 0 Å². The first-order valence-corrected chi connectivity index (χ1v) is 6.93. The number of rotatable bonds is 2. The predicted molar refractivity (Wildman–Crippen MR) is 73.8 cm³/mol. The Morgan fingerprint density at radius 2 is 1.68 bits per heavy atom. The number of nitrogens with zero attached hydrogens (tertiary/aromatic N) is 1. The van der Waals surface area contributed by atoms with E-state index in [4.69, 9.17) is 5.26 Å². The Bertz CT molecular complexity index is 656. The van der Waals surface area contributed by atoms with Gasteiger partial charge >= 0.3 is 0 Å². The standard InChI is InChI=1S/C17H13F4N/c18-15-9-13(10-16(19)14(15)2-1-7-22)12-5-3-11(4-6-12)8-17(20)21/h8-12H,3-6H2. The molecule has 1 nitrogen and oxygen atoms in total. The second-order valence-corrected chi connectivity index (χ2v) is 5.29. The Morgan fingerprint density at radius 1 is 1.09 bits per heavy atom. The lowest BCUT2D eigenvalue weighted by Crippen LogP contribution is -2.12. The number of benzene rings is 1. The highest BCUT2D eigenvalue weighted by Crippen LogP contribution is 2.37. The molecule has 0 aromatic heterocycles. The topological polar surface area (TPSA) is 23.8 Å². The third-order valence-electron chi connectivity index (χ3n) is 3.91. The van der Waals surface area contributed by atoms with E-state index in [0.29, 0.717) is 31.2 Å². The van der Waals surface area contributed by atoms with Crippen LogP contribution < -0.4 is 0 Å². The van der Waals surface area contributed by atoms with Gasteiger partial charge in [0, 0.05) is 5.92 Å². The molecule has 0 atom stereocenters. The highest BCUT2D eigenvalue weighted by molar-refractivity contribution is 5.42. The first-order chi connectivity index (χ1) is 10.5. The van der Waals surface area contributed by atoms with Crippen LogP contribution in [0.3, 0.4) is 0 Å². The molecule has 1 aromatic rings. The Balaban J connectivity index is 2.15. The van der Waals surface area contributed by atoms with Crippen LogP contribution >= 0.6 is 0 Å². The summed E-state index contributed by atoms with van der Waals surface area (Å²) in [6, 6.07) is 3.95. The maximum atomic E-state index is 13.9. The molecule has 1 fully saturated rings. The van der Waals surface area contributed by atoms with Crippen molar-refractivity contribution in [3.8, 4) is 17.9 Å². The van der Waals surface area contributed by atoms with Crippen molar-refractivity contribution in [3.63, 3.8) is 0 Å². The lowest BCUT2D eigenvalue weighted by atomic mass is 9.78. The van der Waals surface area contributed by atoms with Crippen LogP contribution in [0.25, 0.3) is 0 Å². The van der Waals surface area contributed by atoms with E-state index in [1.807, 2.05) is 5.92 Å². The summed E-state index contributed by atoms with van der Waals surface area (Å²) in [5, 5.41) is 8.33. The molecule has 0 saturated heterocycles. The summed E-state index contributed by atoms with van der Waals surface area (Å²) in [5.74, 6) is 2.29. The molecule has 0 aliphatic heterocycles. The van der Waals surface area contributed by atoms with Crippen LogP contribution in [0.1, 0.15) is 42.7 Å². The summed E-state index contributed by atoms with van der Waals surface area (Å²) in [5.41, 5.74) is 0.0991. The summed E-state index contributed by atoms with van der Waals surface area (Å²) >= 11 is 0. The van der Waals surface area contributed by atoms with E-state index in [1.54, 1.807) is 0 Å². The van der Waals surface area contributed by atoms with Crippen LogP contribution in [0.15, 0.2) is 24.3 Å². The van der Waals surface area contributed by atoms with Gasteiger partial charge in [0.05, 0.1) is 5.56 Å². The smallest absolute Gasteiger partial charge is 0.206 e. The second kappa shape index (κ2) is 7.13. The van der Waals surface area contributed by atoms with Gasteiger partial charge in [0.1, 0.15) is 11.6 Å². The second-order valence-electron chi connectivity index (χ2n) is 5.29. The van der Waals surface area contributed by atoms with Crippen molar-refractivity contribution in [2.45, 2.75) is 31.6 Å². The van der Waals surface area contributed by atoms with Crippen LogP contribution in [0, 0.1) is 40.7 Å². The molecule has 0 amide bonds. The zero-order chi connectivity index (χ0) is 16.1. The van der Waals surface area contributed by atoms with E-state index in [9.17, 15) is 17.6 Å². The van der Waals surface area contributed by atoms with Crippen molar-refractivity contribution in [2.24, 2.45) is 5.92 Å². The van der Waals surface area contributed by atoms with Crippen LogP contribution in [0.4, 0.5) is 17.6 Å². The van der Waals surface area contributed by atoms with Gasteiger partial charge in [-0.25, -0.2) is 8.78 Å². The van der Waals surface area contributed by atoms with E-state index < -0.39 is 23.3 Å². The number of allylic oxidation sites excluding steroid dienone is 1. The van der Waals surface area contributed by atoms with E-state index in [1.165, 1.54) is 18.2 Å². The molecular formula is C17H13F4N. The van der Waals surface area contributed by atoms with Crippen LogP contribution in [-0.2, 0) is 0 Å². The minimum atomic E-state index is -1.68. The summed E-state index contributed by atoms with van der Waals surface area (Å²) < 4.78 is 52.2.